The number of fused-ring (bicyclic) bond motifs is 1. The first kappa shape index (κ1) is 16.6. The fourth-order valence-corrected chi connectivity index (χ4v) is 3.96. The number of hydrogen-bond donors (Lipinski definition) is 1. The molecule has 1 amide bonds. The van der Waals surface area contributed by atoms with Gasteiger partial charge in [-0.2, -0.15) is 0 Å². The van der Waals surface area contributed by atoms with Crippen molar-refractivity contribution in [2.24, 2.45) is 0 Å². The molecule has 2 aromatic rings. The molecule has 0 spiro atoms. The standard InChI is InChI=1S/C20H27N3O2/c1-13-12-14(2)23-11-10-18(19(23)21-13)20(24)22-15-6-8-17(9-7-15)25-16-4-3-5-16/h10-12,15-17H,3-9H2,1-2H3,(H,22,24). The zero-order valence-electron chi connectivity index (χ0n) is 15.1. The summed E-state index contributed by atoms with van der Waals surface area (Å²) >= 11 is 0. The summed E-state index contributed by atoms with van der Waals surface area (Å²) in [6.45, 7) is 4.00. The number of nitrogens with zero attached hydrogens (tertiary/aromatic N) is 2. The lowest BCUT2D eigenvalue weighted by Crippen LogP contribution is -2.40. The Labute approximate surface area is 148 Å². The molecule has 2 fully saturated rings. The number of amides is 1. The summed E-state index contributed by atoms with van der Waals surface area (Å²) in [7, 11) is 0. The van der Waals surface area contributed by atoms with Crippen molar-refractivity contribution < 1.29 is 9.53 Å². The molecule has 2 saturated carbocycles. The van der Waals surface area contributed by atoms with Gasteiger partial charge in [-0.1, -0.05) is 0 Å². The number of nitrogens with one attached hydrogen (secondary N) is 1. The van der Waals surface area contributed by atoms with E-state index in [-0.39, 0.29) is 11.9 Å². The molecule has 0 radical (unpaired) electrons. The molecule has 0 saturated heterocycles. The Balaban J connectivity index is 1.38. The molecule has 0 unspecified atom stereocenters. The molecule has 2 aliphatic rings. The highest BCUT2D eigenvalue weighted by Crippen LogP contribution is 2.29. The Hall–Kier alpha value is -1.88. The molecule has 2 heterocycles. The molecule has 25 heavy (non-hydrogen) atoms. The maximum Gasteiger partial charge on any atom is 0.255 e. The van der Waals surface area contributed by atoms with Crippen LogP contribution >= 0.6 is 0 Å². The predicted molar refractivity (Wildman–Crippen MR) is 96.9 cm³/mol. The van der Waals surface area contributed by atoms with E-state index in [1.165, 1.54) is 19.3 Å². The van der Waals surface area contributed by atoms with Gasteiger partial charge in [0.1, 0.15) is 5.65 Å². The second-order valence-electron chi connectivity index (χ2n) is 7.60. The van der Waals surface area contributed by atoms with E-state index < -0.39 is 0 Å². The summed E-state index contributed by atoms with van der Waals surface area (Å²) in [5.74, 6) is -0.0108. The first-order chi connectivity index (χ1) is 12.1. The highest BCUT2D eigenvalue weighted by molar-refractivity contribution is 6.00. The van der Waals surface area contributed by atoms with Gasteiger partial charge in [-0.3, -0.25) is 4.79 Å². The van der Waals surface area contributed by atoms with Crippen molar-refractivity contribution in [3.63, 3.8) is 0 Å². The minimum absolute atomic E-state index is 0.0108. The van der Waals surface area contributed by atoms with Crippen LogP contribution in [-0.2, 0) is 4.74 Å². The van der Waals surface area contributed by atoms with Crippen LogP contribution in [0.1, 0.15) is 66.7 Å². The van der Waals surface area contributed by atoms with Gasteiger partial charge >= 0.3 is 0 Å². The first-order valence-electron chi connectivity index (χ1n) is 9.52. The van der Waals surface area contributed by atoms with Crippen LogP contribution in [0.25, 0.3) is 5.65 Å². The van der Waals surface area contributed by atoms with Gasteiger partial charge in [0.25, 0.3) is 5.91 Å². The zero-order valence-corrected chi connectivity index (χ0v) is 15.1. The molecule has 0 aliphatic heterocycles. The van der Waals surface area contributed by atoms with Crippen LogP contribution in [0.5, 0.6) is 0 Å². The fourth-order valence-electron chi connectivity index (χ4n) is 3.96. The van der Waals surface area contributed by atoms with Crippen LogP contribution in [-0.4, -0.2) is 33.5 Å². The lowest BCUT2D eigenvalue weighted by molar-refractivity contribution is -0.0669. The molecule has 5 nitrogen and oxygen atoms in total. The summed E-state index contributed by atoms with van der Waals surface area (Å²) in [5, 5.41) is 3.21. The minimum Gasteiger partial charge on any atom is -0.375 e. The second kappa shape index (κ2) is 6.79. The lowest BCUT2D eigenvalue weighted by Gasteiger charge is -2.34. The van der Waals surface area contributed by atoms with Gasteiger partial charge in [0.05, 0.1) is 17.8 Å². The predicted octanol–water partition coefficient (Wildman–Crippen LogP) is 3.56. The largest absolute Gasteiger partial charge is 0.375 e. The van der Waals surface area contributed by atoms with Crippen molar-refractivity contribution in [1.82, 2.24) is 14.7 Å². The topological polar surface area (TPSA) is 55.6 Å². The van der Waals surface area contributed by atoms with Gasteiger partial charge < -0.3 is 14.5 Å². The van der Waals surface area contributed by atoms with Crippen molar-refractivity contribution in [2.75, 3.05) is 0 Å². The molecular formula is C20H27N3O2. The Kier molecular flexibility index (Phi) is 4.50. The van der Waals surface area contributed by atoms with Gasteiger partial charge in [0, 0.05) is 23.6 Å². The maximum atomic E-state index is 12.7. The third-order valence-corrected chi connectivity index (χ3v) is 5.63. The molecule has 0 atom stereocenters. The Bertz CT molecular complexity index is 771. The molecule has 134 valence electrons. The second-order valence-corrected chi connectivity index (χ2v) is 7.60. The van der Waals surface area contributed by atoms with Crippen LogP contribution in [0.15, 0.2) is 18.3 Å². The van der Waals surface area contributed by atoms with Gasteiger partial charge in [-0.15, -0.1) is 0 Å². The smallest absolute Gasteiger partial charge is 0.255 e. The Morgan fingerprint density at radius 3 is 2.56 bits per heavy atom. The van der Waals surface area contributed by atoms with Crippen molar-refractivity contribution in [3.8, 4) is 0 Å². The van der Waals surface area contributed by atoms with Gasteiger partial charge in [-0.25, -0.2) is 4.98 Å². The van der Waals surface area contributed by atoms with E-state index in [4.69, 9.17) is 4.74 Å². The lowest BCUT2D eigenvalue weighted by atomic mass is 9.91. The number of aryl methyl sites for hydroxylation is 2. The van der Waals surface area contributed by atoms with Crippen molar-refractivity contribution in [2.45, 2.75) is 77.0 Å². The summed E-state index contributed by atoms with van der Waals surface area (Å²) in [4.78, 5) is 17.3. The molecule has 0 aromatic carbocycles. The average molecular weight is 341 g/mol. The number of aromatic nitrogens is 2. The van der Waals surface area contributed by atoms with Gasteiger partial charge in [0.15, 0.2) is 0 Å². The van der Waals surface area contributed by atoms with Crippen LogP contribution in [0.2, 0.25) is 0 Å². The third-order valence-electron chi connectivity index (χ3n) is 5.63. The minimum atomic E-state index is -0.0108. The molecule has 5 heteroatoms. The molecule has 4 rings (SSSR count). The molecule has 2 aromatic heterocycles. The summed E-state index contributed by atoms with van der Waals surface area (Å²) in [6, 6.07) is 4.14. The van der Waals surface area contributed by atoms with Crippen LogP contribution in [0.4, 0.5) is 0 Å². The monoisotopic (exact) mass is 341 g/mol. The molecular weight excluding hydrogens is 314 g/mol. The fraction of sp³-hybridized carbons (Fsp3) is 0.600. The Morgan fingerprint density at radius 2 is 1.88 bits per heavy atom. The SMILES string of the molecule is Cc1cc(C)n2ccc(C(=O)NC3CCC(OC4CCC4)CC3)c2n1. The van der Waals surface area contributed by atoms with E-state index in [1.807, 2.05) is 36.6 Å². The molecule has 2 aliphatic carbocycles. The number of ether oxygens (including phenoxy) is 1. The van der Waals surface area contributed by atoms with E-state index >= 15 is 0 Å². The summed E-state index contributed by atoms with van der Waals surface area (Å²) in [6.07, 6.45) is 10.7. The third kappa shape index (κ3) is 3.43. The van der Waals surface area contributed by atoms with Gasteiger partial charge in [-0.05, 0) is 70.9 Å². The van der Waals surface area contributed by atoms with Crippen molar-refractivity contribution in [1.29, 1.82) is 0 Å². The molecule has 1 N–H and O–H groups in total. The maximum absolute atomic E-state index is 12.7. The average Bonchev–Trinajstić information content (AvgIpc) is 2.96. The number of carbonyl (C=O) groups is 1. The first-order valence-corrected chi connectivity index (χ1v) is 9.52. The quantitative estimate of drug-likeness (QED) is 0.925. The van der Waals surface area contributed by atoms with E-state index in [0.29, 0.717) is 17.8 Å². The van der Waals surface area contributed by atoms with E-state index in [9.17, 15) is 4.79 Å². The van der Waals surface area contributed by atoms with Crippen molar-refractivity contribution in [3.05, 3.63) is 35.3 Å². The van der Waals surface area contributed by atoms with Gasteiger partial charge in [0.2, 0.25) is 0 Å². The van der Waals surface area contributed by atoms with Crippen LogP contribution < -0.4 is 5.32 Å². The highest BCUT2D eigenvalue weighted by Gasteiger charge is 2.28. The Morgan fingerprint density at radius 1 is 1.16 bits per heavy atom. The van der Waals surface area contributed by atoms with Crippen molar-refractivity contribution >= 4 is 11.6 Å². The normalized spacial score (nSPS) is 24.2. The van der Waals surface area contributed by atoms with Crippen LogP contribution in [0, 0.1) is 13.8 Å². The van der Waals surface area contributed by atoms with E-state index in [1.54, 1.807) is 0 Å². The summed E-state index contributed by atoms with van der Waals surface area (Å²) in [5.41, 5.74) is 3.44. The number of hydrogen-bond acceptors (Lipinski definition) is 3. The van der Waals surface area contributed by atoms with Crippen LogP contribution in [0.3, 0.4) is 0 Å². The molecule has 0 bridgehead atoms. The van der Waals surface area contributed by atoms with E-state index in [2.05, 4.69) is 10.3 Å². The number of rotatable bonds is 4. The highest BCUT2D eigenvalue weighted by atomic mass is 16.5. The zero-order chi connectivity index (χ0) is 17.4. The number of carbonyl (C=O) groups excluding carboxylic acids is 1. The summed E-state index contributed by atoms with van der Waals surface area (Å²) < 4.78 is 8.09. The van der Waals surface area contributed by atoms with E-state index in [0.717, 1.165) is 42.7 Å².